The molecule has 2 aliphatic heterocycles. The predicted octanol–water partition coefficient (Wildman–Crippen LogP) is 0.486. The smallest absolute Gasteiger partial charge is 0.222 e. The Hall–Kier alpha value is -0.660. The molecule has 7 heteroatoms. The van der Waals surface area contributed by atoms with E-state index < -0.39 is 10.0 Å². The highest BCUT2D eigenvalue weighted by Crippen LogP contribution is 2.18. The summed E-state index contributed by atoms with van der Waals surface area (Å²) in [6.45, 7) is 2.02. The summed E-state index contributed by atoms with van der Waals surface area (Å²) in [5.74, 6) is 0.112. The quantitative estimate of drug-likeness (QED) is 0.802. The van der Waals surface area contributed by atoms with Gasteiger partial charge in [0.05, 0.1) is 12.4 Å². The van der Waals surface area contributed by atoms with Crippen LogP contribution in [0.3, 0.4) is 0 Å². The lowest BCUT2D eigenvalue weighted by Crippen LogP contribution is -2.49. The molecule has 2 fully saturated rings. The molecule has 2 heterocycles. The lowest BCUT2D eigenvalue weighted by Gasteiger charge is -2.33. The molecule has 0 aromatic carbocycles. The average molecular weight is 304 g/mol. The van der Waals surface area contributed by atoms with Crippen LogP contribution in [-0.4, -0.2) is 57.3 Å². The van der Waals surface area contributed by atoms with Crippen LogP contribution < -0.4 is 4.72 Å². The van der Waals surface area contributed by atoms with Gasteiger partial charge in [-0.3, -0.25) is 4.79 Å². The van der Waals surface area contributed by atoms with Gasteiger partial charge in [0.25, 0.3) is 0 Å². The molecule has 0 aromatic heterocycles. The lowest BCUT2D eigenvalue weighted by atomic mass is 10.1. The molecule has 0 saturated carbocycles. The Kier molecular flexibility index (Phi) is 5.40. The Labute approximate surface area is 120 Å². The van der Waals surface area contributed by atoms with Crippen molar-refractivity contribution in [2.45, 2.75) is 50.7 Å². The number of carbonyl (C=O) groups excluding carboxylic acids is 1. The van der Waals surface area contributed by atoms with Gasteiger partial charge in [-0.25, -0.2) is 13.1 Å². The fourth-order valence-corrected chi connectivity index (χ4v) is 3.72. The van der Waals surface area contributed by atoms with Crippen LogP contribution in [0.15, 0.2) is 0 Å². The minimum absolute atomic E-state index is 0.112. The van der Waals surface area contributed by atoms with Gasteiger partial charge in [0.1, 0.15) is 0 Å². The molecule has 0 aromatic rings. The first-order chi connectivity index (χ1) is 9.44. The van der Waals surface area contributed by atoms with Gasteiger partial charge < -0.3 is 9.64 Å². The summed E-state index contributed by atoms with van der Waals surface area (Å²) in [7, 11) is -3.21. The molecule has 2 atom stereocenters. The van der Waals surface area contributed by atoms with Crippen molar-refractivity contribution < 1.29 is 17.9 Å². The van der Waals surface area contributed by atoms with Crippen molar-refractivity contribution in [2.75, 3.05) is 26.0 Å². The van der Waals surface area contributed by atoms with Crippen LogP contribution in [0.1, 0.15) is 38.5 Å². The first-order valence-electron chi connectivity index (χ1n) is 7.31. The minimum atomic E-state index is -3.21. The van der Waals surface area contributed by atoms with Crippen LogP contribution in [0.2, 0.25) is 0 Å². The minimum Gasteiger partial charge on any atom is -0.378 e. The molecule has 1 N–H and O–H groups in total. The summed E-state index contributed by atoms with van der Waals surface area (Å²) >= 11 is 0. The summed E-state index contributed by atoms with van der Waals surface area (Å²) in [4.78, 5) is 13.9. The third-order valence-electron chi connectivity index (χ3n) is 3.86. The van der Waals surface area contributed by atoms with Crippen LogP contribution in [0.5, 0.6) is 0 Å². The van der Waals surface area contributed by atoms with E-state index in [2.05, 4.69) is 4.72 Å². The van der Waals surface area contributed by atoms with Gasteiger partial charge in [-0.2, -0.15) is 0 Å². The number of ether oxygens (including phenoxy) is 1. The summed E-state index contributed by atoms with van der Waals surface area (Å²) in [6, 6.07) is -0.148. The van der Waals surface area contributed by atoms with Gasteiger partial charge in [-0.05, 0) is 32.1 Å². The number of likely N-dealkylation sites (tertiary alicyclic amines) is 1. The van der Waals surface area contributed by atoms with Crippen LogP contribution in [-0.2, 0) is 19.6 Å². The number of hydrogen-bond donors (Lipinski definition) is 1. The van der Waals surface area contributed by atoms with Gasteiger partial charge >= 0.3 is 0 Å². The van der Waals surface area contributed by atoms with Crippen molar-refractivity contribution in [1.82, 2.24) is 9.62 Å². The Morgan fingerprint density at radius 2 is 2.15 bits per heavy atom. The molecule has 2 saturated heterocycles. The average Bonchev–Trinajstić information content (AvgIpc) is 2.87. The highest BCUT2D eigenvalue weighted by atomic mass is 32.2. The van der Waals surface area contributed by atoms with Crippen molar-refractivity contribution >= 4 is 15.9 Å². The van der Waals surface area contributed by atoms with E-state index in [1.165, 1.54) is 0 Å². The lowest BCUT2D eigenvalue weighted by molar-refractivity contribution is -0.133. The highest BCUT2D eigenvalue weighted by Gasteiger charge is 2.26. The van der Waals surface area contributed by atoms with Crippen LogP contribution in [0, 0.1) is 0 Å². The standard InChI is InChI=1S/C13H24N2O4S/c1-20(17,18)14-11-4-2-8-15(10-11)13(16)7-6-12-5-3-9-19-12/h11-12,14H,2-10H2,1H3. The molecule has 0 bridgehead atoms. The van der Waals surface area contributed by atoms with Crippen LogP contribution >= 0.6 is 0 Å². The molecule has 20 heavy (non-hydrogen) atoms. The maximum Gasteiger partial charge on any atom is 0.222 e. The molecule has 0 radical (unpaired) electrons. The van der Waals surface area contributed by atoms with Crippen molar-refractivity contribution in [3.63, 3.8) is 0 Å². The van der Waals surface area contributed by atoms with Gasteiger partial charge in [-0.1, -0.05) is 0 Å². The monoisotopic (exact) mass is 304 g/mol. The molecular formula is C13H24N2O4S. The van der Waals surface area contributed by atoms with Crippen molar-refractivity contribution in [3.05, 3.63) is 0 Å². The molecule has 2 rings (SSSR count). The second-order valence-electron chi connectivity index (χ2n) is 5.74. The number of carbonyl (C=O) groups is 1. The van der Waals surface area contributed by atoms with E-state index in [1.807, 2.05) is 0 Å². The number of nitrogens with one attached hydrogen (secondary N) is 1. The summed E-state index contributed by atoms with van der Waals surface area (Å²) in [6.07, 6.45) is 6.44. The fraction of sp³-hybridized carbons (Fsp3) is 0.923. The Balaban J connectivity index is 1.77. The van der Waals surface area contributed by atoms with E-state index in [9.17, 15) is 13.2 Å². The zero-order chi connectivity index (χ0) is 14.6. The molecule has 2 aliphatic rings. The molecular weight excluding hydrogens is 280 g/mol. The number of amides is 1. The van der Waals surface area contributed by atoms with E-state index >= 15 is 0 Å². The van der Waals surface area contributed by atoms with E-state index in [1.54, 1.807) is 4.90 Å². The van der Waals surface area contributed by atoms with Gasteiger partial charge in [0.15, 0.2) is 0 Å². The zero-order valence-corrected chi connectivity index (χ0v) is 12.8. The zero-order valence-electron chi connectivity index (χ0n) is 12.0. The van der Waals surface area contributed by atoms with Gasteiger partial charge in [0.2, 0.25) is 15.9 Å². The topological polar surface area (TPSA) is 75.7 Å². The van der Waals surface area contributed by atoms with E-state index in [0.29, 0.717) is 13.0 Å². The van der Waals surface area contributed by atoms with Gasteiger partial charge in [0, 0.05) is 32.2 Å². The third-order valence-corrected chi connectivity index (χ3v) is 4.62. The first kappa shape index (κ1) is 15.7. The summed E-state index contributed by atoms with van der Waals surface area (Å²) in [5.41, 5.74) is 0. The normalized spacial score (nSPS) is 27.8. The maximum absolute atomic E-state index is 12.2. The van der Waals surface area contributed by atoms with Crippen molar-refractivity contribution in [3.8, 4) is 0 Å². The SMILES string of the molecule is CS(=O)(=O)NC1CCCN(C(=O)CCC2CCCO2)C1. The number of sulfonamides is 1. The van der Waals surface area contributed by atoms with Gasteiger partial charge in [-0.15, -0.1) is 0 Å². The van der Waals surface area contributed by atoms with Crippen molar-refractivity contribution in [1.29, 1.82) is 0 Å². The first-order valence-corrected chi connectivity index (χ1v) is 9.20. The maximum atomic E-state index is 12.2. The van der Waals surface area contributed by atoms with E-state index in [0.717, 1.165) is 51.5 Å². The summed E-state index contributed by atoms with van der Waals surface area (Å²) in [5, 5.41) is 0. The Bertz CT molecular complexity index is 432. The Morgan fingerprint density at radius 1 is 1.35 bits per heavy atom. The van der Waals surface area contributed by atoms with Crippen molar-refractivity contribution in [2.24, 2.45) is 0 Å². The largest absolute Gasteiger partial charge is 0.378 e. The molecule has 6 nitrogen and oxygen atoms in total. The number of piperidine rings is 1. The second kappa shape index (κ2) is 6.87. The number of rotatable bonds is 5. The summed E-state index contributed by atoms with van der Waals surface area (Å²) < 4.78 is 30.6. The molecule has 0 spiro atoms. The predicted molar refractivity (Wildman–Crippen MR) is 75.8 cm³/mol. The third kappa shape index (κ3) is 5.03. The second-order valence-corrected chi connectivity index (χ2v) is 7.52. The molecule has 1 amide bonds. The number of nitrogens with zero attached hydrogens (tertiary/aromatic N) is 1. The molecule has 116 valence electrons. The Morgan fingerprint density at radius 3 is 2.80 bits per heavy atom. The fourth-order valence-electron chi connectivity index (χ4n) is 2.92. The highest BCUT2D eigenvalue weighted by molar-refractivity contribution is 7.88. The van der Waals surface area contributed by atoms with E-state index in [4.69, 9.17) is 4.74 Å². The van der Waals surface area contributed by atoms with E-state index in [-0.39, 0.29) is 18.1 Å². The molecule has 0 aliphatic carbocycles. The molecule has 2 unspecified atom stereocenters. The van der Waals surface area contributed by atoms with Crippen LogP contribution in [0.4, 0.5) is 0 Å². The number of hydrogen-bond acceptors (Lipinski definition) is 4. The van der Waals surface area contributed by atoms with Crippen LogP contribution in [0.25, 0.3) is 0 Å².